The zero-order valence-corrected chi connectivity index (χ0v) is 10.6. The van der Waals surface area contributed by atoms with Crippen molar-refractivity contribution in [2.75, 3.05) is 0 Å². The third-order valence-corrected chi connectivity index (χ3v) is 3.83. The van der Waals surface area contributed by atoms with Crippen molar-refractivity contribution in [2.24, 2.45) is 0 Å². The molecule has 16 heavy (non-hydrogen) atoms. The van der Waals surface area contributed by atoms with Crippen molar-refractivity contribution in [1.82, 2.24) is 4.98 Å². The Hall–Kier alpha value is -0.610. The van der Waals surface area contributed by atoms with E-state index in [2.05, 4.69) is 4.98 Å². The normalized spacial score (nSPS) is 12.7. The lowest BCUT2D eigenvalue weighted by Gasteiger charge is -2.11. The summed E-state index contributed by atoms with van der Waals surface area (Å²) in [5, 5.41) is 13.6. The fourth-order valence-corrected chi connectivity index (χ4v) is 2.50. The van der Waals surface area contributed by atoms with Gasteiger partial charge in [-0.3, -0.25) is 0 Å². The summed E-state index contributed by atoms with van der Waals surface area (Å²) in [6.45, 7) is 0. The maximum atomic E-state index is 10.0. The predicted octanol–water partition coefficient (Wildman–Crippen LogP) is 3.73. The molecule has 0 spiro atoms. The van der Waals surface area contributed by atoms with Crippen molar-refractivity contribution in [2.45, 2.75) is 12.5 Å². The van der Waals surface area contributed by atoms with Gasteiger partial charge in [0.05, 0.1) is 21.2 Å². The van der Waals surface area contributed by atoms with Gasteiger partial charge in [0.15, 0.2) is 0 Å². The van der Waals surface area contributed by atoms with Crippen LogP contribution in [0.5, 0.6) is 0 Å². The number of hydrogen-bond donors (Lipinski definition) is 1. The fraction of sp³-hybridized carbons (Fsp3) is 0.182. The molecule has 0 amide bonds. The first-order chi connectivity index (χ1) is 7.68. The van der Waals surface area contributed by atoms with E-state index in [9.17, 15) is 5.11 Å². The Morgan fingerprint density at radius 3 is 2.88 bits per heavy atom. The van der Waals surface area contributed by atoms with Crippen molar-refractivity contribution in [3.8, 4) is 0 Å². The van der Waals surface area contributed by atoms with Gasteiger partial charge in [-0.25, -0.2) is 4.98 Å². The quantitative estimate of drug-likeness (QED) is 0.925. The molecule has 1 heterocycles. The molecule has 1 unspecified atom stereocenters. The second-order valence-electron chi connectivity index (χ2n) is 3.29. The minimum atomic E-state index is -0.669. The molecular weight excluding hydrogens is 265 g/mol. The standard InChI is InChI=1S/C11H9Cl2NOS/c12-8-3-1-2-7(11(8)13)9(15)6-10-14-4-5-16-10/h1-5,9,15H,6H2. The largest absolute Gasteiger partial charge is 0.388 e. The number of rotatable bonds is 3. The van der Waals surface area contributed by atoms with E-state index in [1.54, 1.807) is 24.4 Å². The lowest BCUT2D eigenvalue weighted by molar-refractivity contribution is 0.178. The van der Waals surface area contributed by atoms with Gasteiger partial charge < -0.3 is 5.11 Å². The highest BCUT2D eigenvalue weighted by Crippen LogP contribution is 2.31. The number of halogens is 2. The molecule has 0 fully saturated rings. The van der Waals surface area contributed by atoms with Gasteiger partial charge in [0.1, 0.15) is 0 Å². The molecule has 84 valence electrons. The van der Waals surface area contributed by atoms with Crippen molar-refractivity contribution < 1.29 is 5.11 Å². The van der Waals surface area contributed by atoms with E-state index >= 15 is 0 Å². The van der Waals surface area contributed by atoms with E-state index in [0.29, 0.717) is 22.0 Å². The molecular formula is C11H9Cl2NOS. The molecule has 1 atom stereocenters. The summed E-state index contributed by atoms with van der Waals surface area (Å²) in [5.41, 5.74) is 0.643. The number of thiazole rings is 1. The zero-order chi connectivity index (χ0) is 11.5. The van der Waals surface area contributed by atoms with Crippen LogP contribution >= 0.6 is 34.5 Å². The topological polar surface area (TPSA) is 33.1 Å². The van der Waals surface area contributed by atoms with Crippen LogP contribution in [0.2, 0.25) is 10.0 Å². The Kier molecular flexibility index (Phi) is 3.82. The second kappa shape index (κ2) is 5.15. The second-order valence-corrected chi connectivity index (χ2v) is 5.05. The number of benzene rings is 1. The van der Waals surface area contributed by atoms with E-state index in [0.717, 1.165) is 5.01 Å². The fourth-order valence-electron chi connectivity index (χ4n) is 1.41. The van der Waals surface area contributed by atoms with Gasteiger partial charge in [0.25, 0.3) is 0 Å². The molecule has 0 bridgehead atoms. The van der Waals surface area contributed by atoms with Crippen LogP contribution in [0.15, 0.2) is 29.8 Å². The summed E-state index contributed by atoms with van der Waals surface area (Å²) in [5.74, 6) is 0. The van der Waals surface area contributed by atoms with Crippen LogP contribution < -0.4 is 0 Å². The van der Waals surface area contributed by atoms with Crippen LogP contribution in [0.4, 0.5) is 0 Å². The lowest BCUT2D eigenvalue weighted by Crippen LogP contribution is -2.02. The minimum Gasteiger partial charge on any atom is -0.388 e. The van der Waals surface area contributed by atoms with Gasteiger partial charge in [0.2, 0.25) is 0 Å². The molecule has 1 aromatic heterocycles. The molecule has 0 aliphatic carbocycles. The summed E-state index contributed by atoms with van der Waals surface area (Å²) < 4.78 is 0. The lowest BCUT2D eigenvalue weighted by atomic mass is 10.1. The number of nitrogens with zero attached hydrogens (tertiary/aromatic N) is 1. The first-order valence-corrected chi connectivity index (χ1v) is 6.32. The van der Waals surface area contributed by atoms with E-state index in [4.69, 9.17) is 23.2 Å². The number of aromatic nitrogens is 1. The highest BCUT2D eigenvalue weighted by Gasteiger charge is 2.15. The Balaban J connectivity index is 2.21. The third kappa shape index (κ3) is 2.55. The summed E-state index contributed by atoms with van der Waals surface area (Å²) in [4.78, 5) is 4.12. The Bertz CT molecular complexity index is 473. The Labute approximate surface area is 107 Å². The van der Waals surface area contributed by atoms with Gasteiger partial charge in [-0.1, -0.05) is 35.3 Å². The monoisotopic (exact) mass is 273 g/mol. The summed E-state index contributed by atoms with van der Waals surface area (Å²) in [6, 6.07) is 5.24. The molecule has 0 aliphatic heterocycles. The Morgan fingerprint density at radius 1 is 1.38 bits per heavy atom. The minimum absolute atomic E-state index is 0.410. The molecule has 2 nitrogen and oxygen atoms in total. The highest BCUT2D eigenvalue weighted by atomic mass is 35.5. The van der Waals surface area contributed by atoms with Crippen LogP contribution in [0, 0.1) is 0 Å². The van der Waals surface area contributed by atoms with Crippen LogP contribution in [-0.4, -0.2) is 10.1 Å². The van der Waals surface area contributed by atoms with Crippen LogP contribution in [0.25, 0.3) is 0 Å². The van der Waals surface area contributed by atoms with Crippen molar-refractivity contribution >= 4 is 34.5 Å². The number of aliphatic hydroxyl groups excluding tert-OH is 1. The van der Waals surface area contributed by atoms with E-state index in [-0.39, 0.29) is 0 Å². The SMILES string of the molecule is OC(Cc1nccs1)c1cccc(Cl)c1Cl. The van der Waals surface area contributed by atoms with Crippen molar-refractivity contribution in [3.63, 3.8) is 0 Å². The first kappa shape index (κ1) is 11.9. The molecule has 0 saturated heterocycles. The van der Waals surface area contributed by atoms with Gasteiger partial charge in [-0.2, -0.15) is 0 Å². The molecule has 1 N–H and O–H groups in total. The van der Waals surface area contributed by atoms with Gasteiger partial charge in [0, 0.05) is 23.6 Å². The van der Waals surface area contributed by atoms with Crippen LogP contribution in [0.1, 0.15) is 16.7 Å². The maximum absolute atomic E-state index is 10.0. The molecule has 5 heteroatoms. The molecule has 2 aromatic rings. The predicted molar refractivity (Wildman–Crippen MR) is 67.2 cm³/mol. The van der Waals surface area contributed by atoms with E-state index < -0.39 is 6.10 Å². The zero-order valence-electron chi connectivity index (χ0n) is 8.23. The van der Waals surface area contributed by atoms with Crippen LogP contribution in [-0.2, 0) is 6.42 Å². The Morgan fingerprint density at radius 2 is 2.19 bits per heavy atom. The highest BCUT2D eigenvalue weighted by molar-refractivity contribution is 7.09. The summed E-state index contributed by atoms with van der Waals surface area (Å²) in [7, 11) is 0. The van der Waals surface area contributed by atoms with Gasteiger partial charge in [-0.15, -0.1) is 11.3 Å². The van der Waals surface area contributed by atoms with Crippen molar-refractivity contribution in [1.29, 1.82) is 0 Å². The van der Waals surface area contributed by atoms with Crippen LogP contribution in [0.3, 0.4) is 0 Å². The van der Waals surface area contributed by atoms with Gasteiger partial charge in [-0.05, 0) is 6.07 Å². The van der Waals surface area contributed by atoms with E-state index in [1.807, 2.05) is 5.38 Å². The summed E-state index contributed by atoms with van der Waals surface area (Å²) in [6.07, 6.45) is 1.50. The molecule has 1 aromatic carbocycles. The molecule has 0 aliphatic rings. The smallest absolute Gasteiger partial charge is 0.0954 e. The first-order valence-electron chi connectivity index (χ1n) is 4.69. The summed E-state index contributed by atoms with van der Waals surface area (Å²) >= 11 is 13.4. The van der Waals surface area contributed by atoms with Gasteiger partial charge >= 0.3 is 0 Å². The maximum Gasteiger partial charge on any atom is 0.0954 e. The number of hydrogen-bond acceptors (Lipinski definition) is 3. The average Bonchev–Trinajstić information content (AvgIpc) is 2.74. The van der Waals surface area contributed by atoms with Crippen molar-refractivity contribution in [3.05, 3.63) is 50.4 Å². The number of aliphatic hydroxyl groups is 1. The third-order valence-electron chi connectivity index (χ3n) is 2.19. The average molecular weight is 274 g/mol. The molecule has 0 radical (unpaired) electrons. The molecule has 2 rings (SSSR count). The van der Waals surface area contributed by atoms with E-state index in [1.165, 1.54) is 11.3 Å². The molecule has 0 saturated carbocycles.